The maximum Gasteiger partial charge on any atom is 0.221 e. The standard InChI is InChI=1S/C14H18N2O/c1-11(2)15-14(17)8-10-16-9-7-12-5-3-4-6-13(12)16/h3-7,9,11H,8,10H2,1-2H3,(H,15,17). The van der Waals surface area contributed by atoms with Crippen LogP contribution in [0.1, 0.15) is 20.3 Å². The van der Waals surface area contributed by atoms with Crippen molar-refractivity contribution in [1.82, 2.24) is 9.88 Å². The van der Waals surface area contributed by atoms with Gasteiger partial charge in [-0.25, -0.2) is 0 Å². The number of aromatic nitrogens is 1. The van der Waals surface area contributed by atoms with Gasteiger partial charge >= 0.3 is 0 Å². The smallest absolute Gasteiger partial charge is 0.221 e. The summed E-state index contributed by atoms with van der Waals surface area (Å²) >= 11 is 0. The third-order valence-electron chi connectivity index (χ3n) is 2.71. The summed E-state index contributed by atoms with van der Waals surface area (Å²) in [5.41, 5.74) is 1.19. The lowest BCUT2D eigenvalue weighted by Crippen LogP contribution is -2.30. The number of fused-ring (bicyclic) bond motifs is 1. The van der Waals surface area contributed by atoms with Crippen molar-refractivity contribution in [2.75, 3.05) is 0 Å². The normalized spacial score (nSPS) is 11.0. The number of para-hydroxylation sites is 1. The fraction of sp³-hybridized carbons (Fsp3) is 0.357. The van der Waals surface area contributed by atoms with Gasteiger partial charge in [-0.15, -0.1) is 0 Å². The molecule has 2 aromatic rings. The molecule has 3 heteroatoms. The van der Waals surface area contributed by atoms with Crippen LogP contribution in [0.5, 0.6) is 0 Å². The van der Waals surface area contributed by atoms with Crippen molar-refractivity contribution in [1.29, 1.82) is 0 Å². The van der Waals surface area contributed by atoms with Crippen LogP contribution < -0.4 is 5.32 Å². The molecule has 1 aromatic heterocycles. The van der Waals surface area contributed by atoms with Crippen LogP contribution in [0.25, 0.3) is 10.9 Å². The first-order valence-electron chi connectivity index (χ1n) is 6.00. The molecule has 0 saturated heterocycles. The van der Waals surface area contributed by atoms with E-state index in [1.54, 1.807) is 0 Å². The van der Waals surface area contributed by atoms with Crippen molar-refractivity contribution >= 4 is 16.8 Å². The van der Waals surface area contributed by atoms with Crippen LogP contribution >= 0.6 is 0 Å². The second kappa shape index (κ2) is 5.04. The van der Waals surface area contributed by atoms with Crippen LogP contribution in [0.2, 0.25) is 0 Å². The predicted octanol–water partition coefficient (Wildman–Crippen LogP) is 2.56. The Morgan fingerprint density at radius 2 is 2.06 bits per heavy atom. The molecular weight excluding hydrogens is 212 g/mol. The number of amides is 1. The molecule has 1 N–H and O–H groups in total. The molecule has 0 spiro atoms. The number of benzene rings is 1. The van der Waals surface area contributed by atoms with Gasteiger partial charge in [0.15, 0.2) is 0 Å². The number of carbonyl (C=O) groups excluding carboxylic acids is 1. The molecule has 0 aliphatic rings. The number of rotatable bonds is 4. The molecule has 1 amide bonds. The number of carbonyl (C=O) groups is 1. The Kier molecular flexibility index (Phi) is 3.47. The Hall–Kier alpha value is -1.77. The molecule has 1 aromatic carbocycles. The maximum absolute atomic E-state index is 11.6. The first kappa shape index (κ1) is 11.7. The number of nitrogens with zero attached hydrogens (tertiary/aromatic N) is 1. The number of hydrogen-bond acceptors (Lipinski definition) is 1. The lowest BCUT2D eigenvalue weighted by atomic mass is 10.2. The summed E-state index contributed by atoms with van der Waals surface area (Å²) in [5, 5.41) is 4.12. The van der Waals surface area contributed by atoms with Crippen molar-refractivity contribution in [2.24, 2.45) is 0 Å². The Bertz CT molecular complexity index is 514. The maximum atomic E-state index is 11.6. The first-order chi connectivity index (χ1) is 8.16. The van der Waals surface area contributed by atoms with E-state index in [4.69, 9.17) is 0 Å². The summed E-state index contributed by atoms with van der Waals surface area (Å²) < 4.78 is 2.12. The van der Waals surface area contributed by atoms with Gasteiger partial charge in [0.25, 0.3) is 0 Å². The van der Waals surface area contributed by atoms with Crippen molar-refractivity contribution in [3.8, 4) is 0 Å². The van der Waals surface area contributed by atoms with Gasteiger partial charge in [-0.2, -0.15) is 0 Å². The molecule has 0 radical (unpaired) electrons. The Morgan fingerprint density at radius 1 is 1.29 bits per heavy atom. The van der Waals surface area contributed by atoms with Gasteiger partial charge in [0.2, 0.25) is 5.91 Å². The van der Waals surface area contributed by atoms with Crippen LogP contribution in [0.4, 0.5) is 0 Å². The largest absolute Gasteiger partial charge is 0.354 e. The zero-order valence-electron chi connectivity index (χ0n) is 10.3. The minimum Gasteiger partial charge on any atom is -0.354 e. The van der Waals surface area contributed by atoms with Gasteiger partial charge in [-0.3, -0.25) is 4.79 Å². The van der Waals surface area contributed by atoms with E-state index in [9.17, 15) is 4.79 Å². The molecule has 1 heterocycles. The summed E-state index contributed by atoms with van der Waals surface area (Å²) in [5.74, 6) is 0.109. The highest BCUT2D eigenvalue weighted by Crippen LogP contribution is 2.15. The monoisotopic (exact) mass is 230 g/mol. The highest BCUT2D eigenvalue weighted by Gasteiger charge is 2.05. The molecular formula is C14H18N2O. The van der Waals surface area contributed by atoms with E-state index >= 15 is 0 Å². The Labute approximate surface area is 101 Å². The van der Waals surface area contributed by atoms with E-state index in [-0.39, 0.29) is 11.9 Å². The average Bonchev–Trinajstić information content (AvgIpc) is 2.69. The van der Waals surface area contributed by atoms with Gasteiger partial charge in [0.1, 0.15) is 0 Å². The second-order valence-corrected chi connectivity index (χ2v) is 4.54. The zero-order chi connectivity index (χ0) is 12.3. The summed E-state index contributed by atoms with van der Waals surface area (Å²) in [6.07, 6.45) is 2.56. The molecule has 17 heavy (non-hydrogen) atoms. The lowest BCUT2D eigenvalue weighted by Gasteiger charge is -2.09. The highest BCUT2D eigenvalue weighted by molar-refractivity contribution is 5.80. The SMILES string of the molecule is CC(C)NC(=O)CCn1ccc2ccccc21. The Balaban J connectivity index is 2.02. The molecule has 0 saturated carbocycles. The van der Waals surface area contributed by atoms with Gasteiger partial charge in [-0.1, -0.05) is 18.2 Å². The summed E-state index contributed by atoms with van der Waals surface area (Å²) in [7, 11) is 0. The molecule has 0 fully saturated rings. The van der Waals surface area contributed by atoms with Gasteiger partial charge in [0, 0.05) is 30.7 Å². The highest BCUT2D eigenvalue weighted by atomic mass is 16.1. The molecule has 90 valence electrons. The molecule has 0 aliphatic carbocycles. The van der Waals surface area contributed by atoms with Crippen molar-refractivity contribution in [3.05, 3.63) is 36.5 Å². The van der Waals surface area contributed by atoms with E-state index in [0.29, 0.717) is 6.42 Å². The van der Waals surface area contributed by atoms with Crippen LogP contribution in [0, 0.1) is 0 Å². The number of hydrogen-bond donors (Lipinski definition) is 1. The molecule has 0 aliphatic heterocycles. The van der Waals surface area contributed by atoms with Crippen LogP contribution in [-0.2, 0) is 11.3 Å². The minimum atomic E-state index is 0.109. The lowest BCUT2D eigenvalue weighted by molar-refractivity contribution is -0.121. The van der Waals surface area contributed by atoms with Crippen molar-refractivity contribution in [2.45, 2.75) is 32.9 Å². The van der Waals surface area contributed by atoms with E-state index in [1.165, 1.54) is 10.9 Å². The summed E-state index contributed by atoms with van der Waals surface area (Å²) in [6, 6.07) is 10.5. The third-order valence-corrected chi connectivity index (χ3v) is 2.71. The van der Waals surface area contributed by atoms with E-state index in [0.717, 1.165) is 6.54 Å². The fourth-order valence-electron chi connectivity index (χ4n) is 1.95. The average molecular weight is 230 g/mol. The topological polar surface area (TPSA) is 34.0 Å². The predicted molar refractivity (Wildman–Crippen MR) is 69.8 cm³/mol. The van der Waals surface area contributed by atoms with Gasteiger partial charge in [-0.05, 0) is 31.4 Å². The Morgan fingerprint density at radius 3 is 2.82 bits per heavy atom. The van der Waals surface area contributed by atoms with E-state index < -0.39 is 0 Å². The molecule has 0 bridgehead atoms. The van der Waals surface area contributed by atoms with Gasteiger partial charge in [0.05, 0.1) is 0 Å². The van der Waals surface area contributed by atoms with E-state index in [2.05, 4.69) is 28.1 Å². The first-order valence-corrected chi connectivity index (χ1v) is 6.00. The van der Waals surface area contributed by atoms with Crippen molar-refractivity contribution < 1.29 is 4.79 Å². The fourth-order valence-corrected chi connectivity index (χ4v) is 1.95. The third kappa shape index (κ3) is 2.87. The number of aryl methyl sites for hydroxylation is 1. The molecule has 2 rings (SSSR count). The van der Waals surface area contributed by atoms with E-state index in [1.807, 2.05) is 32.2 Å². The molecule has 3 nitrogen and oxygen atoms in total. The van der Waals surface area contributed by atoms with Crippen LogP contribution in [0.3, 0.4) is 0 Å². The minimum absolute atomic E-state index is 0.109. The second-order valence-electron chi connectivity index (χ2n) is 4.54. The summed E-state index contributed by atoms with van der Waals surface area (Å²) in [4.78, 5) is 11.6. The van der Waals surface area contributed by atoms with Crippen molar-refractivity contribution in [3.63, 3.8) is 0 Å². The quantitative estimate of drug-likeness (QED) is 0.860. The number of nitrogens with one attached hydrogen (secondary N) is 1. The summed E-state index contributed by atoms with van der Waals surface area (Å²) in [6.45, 7) is 4.68. The molecule has 0 unspecified atom stereocenters. The van der Waals surface area contributed by atoms with Crippen LogP contribution in [0.15, 0.2) is 36.5 Å². The molecule has 0 atom stereocenters. The van der Waals surface area contributed by atoms with Gasteiger partial charge < -0.3 is 9.88 Å². The van der Waals surface area contributed by atoms with Crippen LogP contribution in [-0.4, -0.2) is 16.5 Å². The zero-order valence-corrected chi connectivity index (χ0v) is 10.3.